The van der Waals surface area contributed by atoms with Gasteiger partial charge < -0.3 is 0 Å². The summed E-state index contributed by atoms with van der Waals surface area (Å²) in [7, 11) is 0. The summed E-state index contributed by atoms with van der Waals surface area (Å²) in [4.78, 5) is 3.24. The summed E-state index contributed by atoms with van der Waals surface area (Å²) in [6, 6.07) is 14.9. The molecule has 12 heavy (non-hydrogen) atoms. The van der Waals surface area contributed by atoms with Crippen LogP contribution < -0.4 is 7.35 Å². The molecule has 2 heteroatoms. The Morgan fingerprint density at radius 1 is 0.917 bits per heavy atom. The first kappa shape index (κ1) is 7.91. The number of H-pyrrole nitrogens is 1. The van der Waals surface area contributed by atoms with Crippen LogP contribution >= 0.6 is 0 Å². The van der Waals surface area contributed by atoms with E-state index in [-0.39, 0.29) is 20.9 Å². The summed E-state index contributed by atoms with van der Waals surface area (Å²) in [5, 5.41) is 0. The molecule has 1 radical (unpaired) electrons. The van der Waals surface area contributed by atoms with E-state index in [9.17, 15) is 0 Å². The quantitative estimate of drug-likeness (QED) is 0.773. The maximum atomic E-state index is 3.24. The molecule has 0 aliphatic heterocycles. The fourth-order valence-electron chi connectivity index (χ4n) is 0.993. The van der Waals surface area contributed by atoms with Crippen molar-refractivity contribution in [3.8, 4) is 0 Å². The molecule has 0 bridgehead atoms. The Morgan fingerprint density at radius 2 is 1.75 bits per heavy atom. The molecule has 1 aromatic carbocycles. The van der Waals surface area contributed by atoms with Gasteiger partial charge in [-0.05, 0) is 0 Å². The van der Waals surface area contributed by atoms with E-state index in [0.717, 1.165) is 0 Å². The Morgan fingerprint density at radius 3 is 2.42 bits per heavy atom. The zero-order chi connectivity index (χ0) is 8.23. The van der Waals surface area contributed by atoms with Crippen LogP contribution in [0.4, 0.5) is 0 Å². The van der Waals surface area contributed by atoms with Crippen LogP contribution in [0.25, 0.3) is 0 Å². The van der Waals surface area contributed by atoms with Crippen molar-refractivity contribution >= 4 is 28.3 Å². The standard InChI is InChI=1S/C10H9NTe/c1-2-5-9(6-3-1)12-10-7-4-8-11-10/h1-8,11H/q+1. The Hall–Kier alpha value is -0.710. The minimum absolute atomic E-state index is 0.168. The molecule has 2 rings (SSSR count). The number of benzene rings is 1. The molecule has 1 nitrogen and oxygen atoms in total. The molecule has 0 unspecified atom stereocenters. The topological polar surface area (TPSA) is 15.8 Å². The number of aromatic nitrogens is 1. The molecule has 0 aliphatic carbocycles. The second-order valence-electron chi connectivity index (χ2n) is 2.45. The molecule has 0 atom stereocenters. The van der Waals surface area contributed by atoms with Gasteiger partial charge in [-0.25, -0.2) is 0 Å². The van der Waals surface area contributed by atoms with Gasteiger partial charge in [-0.3, -0.25) is 0 Å². The second-order valence-corrected chi connectivity index (χ2v) is 5.63. The Labute approximate surface area is 81.9 Å². The molecule has 1 N–H and O–H groups in total. The van der Waals surface area contributed by atoms with Crippen molar-refractivity contribution in [2.24, 2.45) is 0 Å². The first-order valence-corrected chi connectivity index (χ1v) is 6.14. The first-order valence-electron chi connectivity index (χ1n) is 3.81. The van der Waals surface area contributed by atoms with Crippen LogP contribution in [-0.2, 0) is 0 Å². The molecule has 0 spiro atoms. The van der Waals surface area contributed by atoms with Crippen molar-refractivity contribution in [2.45, 2.75) is 0 Å². The third-order valence-corrected chi connectivity index (χ3v) is 4.34. The van der Waals surface area contributed by atoms with E-state index in [4.69, 9.17) is 0 Å². The van der Waals surface area contributed by atoms with Crippen molar-refractivity contribution in [2.75, 3.05) is 0 Å². The summed E-state index contributed by atoms with van der Waals surface area (Å²) in [6.45, 7) is 0. The third-order valence-electron chi connectivity index (χ3n) is 1.54. The average molecular weight is 271 g/mol. The molecule has 2 aromatic rings. The van der Waals surface area contributed by atoms with Crippen LogP contribution in [-0.4, -0.2) is 25.9 Å². The monoisotopic (exact) mass is 273 g/mol. The van der Waals surface area contributed by atoms with Gasteiger partial charge in [0.1, 0.15) is 0 Å². The number of hydrogen-bond acceptors (Lipinski definition) is 0. The van der Waals surface area contributed by atoms with Gasteiger partial charge in [-0.2, -0.15) is 0 Å². The van der Waals surface area contributed by atoms with Crippen LogP contribution in [0.5, 0.6) is 0 Å². The number of hydrogen-bond donors (Lipinski definition) is 1. The molecule has 0 aliphatic rings. The van der Waals surface area contributed by atoms with E-state index in [2.05, 4.69) is 47.4 Å². The van der Waals surface area contributed by atoms with E-state index >= 15 is 0 Å². The SMILES string of the molecule is c1ccc([Te+]c2ccc[nH]2)cc1. The summed E-state index contributed by atoms with van der Waals surface area (Å²) >= 11 is -0.168. The van der Waals surface area contributed by atoms with Crippen molar-refractivity contribution in [1.29, 1.82) is 0 Å². The zero-order valence-electron chi connectivity index (χ0n) is 6.53. The molecular weight excluding hydrogens is 262 g/mol. The van der Waals surface area contributed by atoms with E-state index in [1.807, 2.05) is 6.20 Å². The second kappa shape index (κ2) is 3.80. The van der Waals surface area contributed by atoms with Gasteiger partial charge in [0, 0.05) is 0 Å². The Balaban J connectivity index is 2.15. The fourth-order valence-corrected chi connectivity index (χ4v) is 3.34. The molecule has 0 amide bonds. The van der Waals surface area contributed by atoms with Crippen molar-refractivity contribution in [3.63, 3.8) is 0 Å². The van der Waals surface area contributed by atoms with Crippen molar-refractivity contribution in [3.05, 3.63) is 48.7 Å². The van der Waals surface area contributed by atoms with Crippen molar-refractivity contribution < 1.29 is 0 Å². The predicted molar refractivity (Wildman–Crippen MR) is 52.3 cm³/mol. The number of rotatable bonds is 2. The summed E-state index contributed by atoms with van der Waals surface area (Å²) in [5.74, 6) is 0. The number of nitrogens with one attached hydrogen (secondary N) is 1. The summed E-state index contributed by atoms with van der Waals surface area (Å²) in [6.07, 6.45) is 1.99. The van der Waals surface area contributed by atoms with E-state index in [0.29, 0.717) is 0 Å². The normalized spacial score (nSPS) is 10.0. The molecule has 0 fully saturated rings. The van der Waals surface area contributed by atoms with Gasteiger partial charge in [-0.1, -0.05) is 0 Å². The van der Waals surface area contributed by atoms with Crippen LogP contribution in [0, 0.1) is 0 Å². The number of aromatic amines is 1. The minimum atomic E-state index is -0.168. The van der Waals surface area contributed by atoms with Gasteiger partial charge in [0.2, 0.25) is 0 Å². The van der Waals surface area contributed by atoms with Gasteiger partial charge in [-0.15, -0.1) is 0 Å². The third kappa shape index (κ3) is 1.91. The molecule has 0 saturated heterocycles. The average Bonchev–Trinajstić information content (AvgIpc) is 2.59. The van der Waals surface area contributed by atoms with Crippen molar-refractivity contribution in [1.82, 2.24) is 4.98 Å². The van der Waals surface area contributed by atoms with Gasteiger partial charge >= 0.3 is 81.9 Å². The summed E-state index contributed by atoms with van der Waals surface area (Å²) in [5.41, 5.74) is 0. The molecule has 1 aromatic heterocycles. The van der Waals surface area contributed by atoms with Crippen LogP contribution in [0.15, 0.2) is 48.7 Å². The molecular formula is C10H9NTe+. The Bertz CT molecular complexity index is 326. The van der Waals surface area contributed by atoms with Crippen LogP contribution in [0.1, 0.15) is 0 Å². The molecule has 0 saturated carbocycles. The van der Waals surface area contributed by atoms with Gasteiger partial charge in [0.05, 0.1) is 0 Å². The van der Waals surface area contributed by atoms with Crippen LogP contribution in [0.3, 0.4) is 0 Å². The Kier molecular flexibility index (Phi) is 2.51. The van der Waals surface area contributed by atoms with Crippen LogP contribution in [0.2, 0.25) is 0 Å². The molecule has 59 valence electrons. The van der Waals surface area contributed by atoms with E-state index in [1.54, 1.807) is 0 Å². The van der Waals surface area contributed by atoms with Gasteiger partial charge in [0.25, 0.3) is 0 Å². The van der Waals surface area contributed by atoms with E-state index in [1.165, 1.54) is 7.35 Å². The zero-order valence-corrected chi connectivity index (χ0v) is 8.86. The predicted octanol–water partition coefficient (Wildman–Crippen LogP) is 0.670. The first-order chi connectivity index (χ1) is 5.95. The molecule has 1 heterocycles. The van der Waals surface area contributed by atoms with Gasteiger partial charge in [0.15, 0.2) is 0 Å². The fraction of sp³-hybridized carbons (Fsp3) is 0. The maximum absolute atomic E-state index is 3.24. The summed E-state index contributed by atoms with van der Waals surface area (Å²) < 4.78 is 2.87. The van der Waals surface area contributed by atoms with E-state index < -0.39 is 0 Å².